The number of ether oxygens (including phenoxy) is 1. The molecule has 2 N–H and O–H groups in total. The molecule has 53 heavy (non-hydrogen) atoms. The Kier molecular flexibility index (Phi) is 10.1. The van der Waals surface area contributed by atoms with Crippen LogP contribution in [0.3, 0.4) is 0 Å². The summed E-state index contributed by atoms with van der Waals surface area (Å²) in [4.78, 5) is 71.3. The molecule has 4 heterocycles. The van der Waals surface area contributed by atoms with Crippen LogP contribution in [-0.4, -0.2) is 82.1 Å². The van der Waals surface area contributed by atoms with Crippen LogP contribution >= 0.6 is 11.6 Å². The molecule has 0 bridgehead atoms. The number of pyridine rings is 2. The molecule has 282 valence electrons. The molecule has 2 amide bonds. The number of nitrogens with one attached hydrogen (secondary N) is 2. The number of benzene rings is 1. The lowest BCUT2D eigenvalue weighted by molar-refractivity contribution is -0.137. The summed E-state index contributed by atoms with van der Waals surface area (Å²) < 4.78 is 72.1. The average Bonchev–Trinajstić information content (AvgIpc) is 3.07. The molecule has 6 rings (SSSR count). The van der Waals surface area contributed by atoms with E-state index >= 15 is 0 Å². The molecule has 3 aromatic heterocycles. The molecule has 1 saturated carbocycles. The largest absolute Gasteiger partial charge is 0.418 e. The fourth-order valence-electron chi connectivity index (χ4n) is 6.79. The molecule has 0 spiro atoms. The van der Waals surface area contributed by atoms with Crippen LogP contribution in [0.1, 0.15) is 46.9 Å². The number of amides is 2. The van der Waals surface area contributed by atoms with Gasteiger partial charge in [-0.1, -0.05) is 18.5 Å². The SMILES string of the molecule is CCc1c(N2CCN(C(=O)c3c(OC(F)F)[nH]cc(C)c3=O)[C@H]3CC[C@@H]32)c(=O)c2nc(N(C)C)cnc2n1CC(=O)Nc1ccc(C(F)(F)F)cc1Cl. The van der Waals surface area contributed by atoms with E-state index in [1.807, 2.05) is 4.90 Å². The number of piperazine rings is 1. The van der Waals surface area contributed by atoms with Crippen molar-refractivity contribution in [1.29, 1.82) is 0 Å². The number of aryl methyl sites for hydroxylation is 1. The topological polar surface area (TPSA) is 146 Å². The molecule has 1 aromatic carbocycles. The molecule has 13 nitrogen and oxygen atoms in total. The van der Waals surface area contributed by atoms with Gasteiger partial charge in [0.05, 0.1) is 28.5 Å². The first-order chi connectivity index (χ1) is 25.0. The fraction of sp³-hybridized carbons (Fsp3) is 0.412. The minimum absolute atomic E-state index is 0.0124. The molecule has 2 aliphatic rings. The molecule has 19 heteroatoms. The van der Waals surface area contributed by atoms with Crippen molar-refractivity contribution in [2.45, 2.75) is 64.5 Å². The molecule has 4 aromatic rings. The molecule has 2 fully saturated rings. The summed E-state index contributed by atoms with van der Waals surface area (Å²) in [5.41, 5.74) is -1.98. The van der Waals surface area contributed by atoms with Gasteiger partial charge in [0, 0.05) is 50.7 Å². The van der Waals surface area contributed by atoms with Crippen LogP contribution in [0.2, 0.25) is 5.02 Å². The molecule has 2 atom stereocenters. The second-order valence-corrected chi connectivity index (χ2v) is 13.3. The summed E-state index contributed by atoms with van der Waals surface area (Å²) in [5, 5.41) is 2.22. The fourth-order valence-corrected chi connectivity index (χ4v) is 7.02. The van der Waals surface area contributed by atoms with Gasteiger partial charge in [-0.2, -0.15) is 22.0 Å². The monoisotopic (exact) mass is 764 g/mol. The smallest absolute Gasteiger partial charge is 0.416 e. The number of fused-ring (bicyclic) bond motifs is 2. The van der Waals surface area contributed by atoms with Crippen LogP contribution in [0.15, 0.2) is 40.2 Å². The second kappa shape index (κ2) is 14.3. The van der Waals surface area contributed by atoms with E-state index in [2.05, 4.69) is 25.0 Å². The van der Waals surface area contributed by atoms with Crippen molar-refractivity contribution in [2.75, 3.05) is 42.3 Å². The predicted molar refractivity (Wildman–Crippen MR) is 186 cm³/mol. The highest BCUT2D eigenvalue weighted by atomic mass is 35.5. The number of hydrogen-bond donors (Lipinski definition) is 2. The first-order valence-corrected chi connectivity index (χ1v) is 16.9. The third kappa shape index (κ3) is 6.98. The van der Waals surface area contributed by atoms with Gasteiger partial charge in [-0.15, -0.1) is 0 Å². The number of carbonyl (C=O) groups is 2. The molecular weight excluding hydrogens is 731 g/mol. The minimum Gasteiger partial charge on any atom is -0.418 e. The van der Waals surface area contributed by atoms with Crippen molar-refractivity contribution in [3.63, 3.8) is 0 Å². The van der Waals surface area contributed by atoms with Crippen LogP contribution in [-0.2, 0) is 23.9 Å². The standard InChI is InChI=1S/C34H34ClF5N8O5/c1-5-20-27(46-10-11-47(22-9-8-21(22)46)32(52)25-28(50)16(2)13-42-31(25)53-33(36)37)29(51)26-30(41-14-23(44-26)45(3)4)48(20)15-24(49)43-19-7-6-17(12-18(19)35)34(38,39)40/h6-7,12-14,21-22,33H,5,8-11,15H2,1-4H3,(H,42,50)(H,43,49)/t21-,22-/m0/s1. The molecule has 1 aliphatic heterocycles. The van der Waals surface area contributed by atoms with Crippen molar-refractivity contribution >= 4 is 51.8 Å². The highest BCUT2D eigenvalue weighted by Crippen LogP contribution is 2.39. The van der Waals surface area contributed by atoms with E-state index in [4.69, 9.17) is 11.6 Å². The summed E-state index contributed by atoms with van der Waals surface area (Å²) in [5.74, 6) is -1.74. The van der Waals surface area contributed by atoms with Gasteiger partial charge in [-0.05, 0) is 44.4 Å². The number of aromatic amines is 1. The van der Waals surface area contributed by atoms with Gasteiger partial charge in [0.15, 0.2) is 11.2 Å². The summed E-state index contributed by atoms with van der Waals surface area (Å²) in [6.07, 6.45) is -0.759. The normalized spacial score (nSPS) is 17.1. The van der Waals surface area contributed by atoms with Crippen LogP contribution in [0, 0.1) is 6.92 Å². The van der Waals surface area contributed by atoms with E-state index in [0.717, 1.165) is 12.1 Å². The van der Waals surface area contributed by atoms with Gasteiger partial charge in [-0.25, -0.2) is 9.97 Å². The van der Waals surface area contributed by atoms with Crippen LogP contribution < -0.4 is 30.7 Å². The van der Waals surface area contributed by atoms with E-state index in [1.165, 1.54) is 28.8 Å². The Morgan fingerprint density at radius 1 is 1.13 bits per heavy atom. The maximum Gasteiger partial charge on any atom is 0.416 e. The van der Waals surface area contributed by atoms with Crippen LogP contribution in [0.5, 0.6) is 5.88 Å². The lowest BCUT2D eigenvalue weighted by Gasteiger charge is -2.54. The van der Waals surface area contributed by atoms with E-state index in [0.29, 0.717) is 30.4 Å². The van der Waals surface area contributed by atoms with Gasteiger partial charge < -0.3 is 34.3 Å². The Morgan fingerprint density at radius 2 is 1.85 bits per heavy atom. The second-order valence-electron chi connectivity index (χ2n) is 12.9. The van der Waals surface area contributed by atoms with Crippen molar-refractivity contribution < 1.29 is 36.3 Å². The van der Waals surface area contributed by atoms with Gasteiger partial charge in [0.2, 0.25) is 22.6 Å². The molecule has 0 radical (unpaired) electrons. The number of aromatic nitrogens is 4. The number of hydrogen-bond acceptors (Lipinski definition) is 9. The number of nitrogens with zero attached hydrogens (tertiary/aromatic N) is 6. The van der Waals surface area contributed by atoms with Crippen LogP contribution in [0.4, 0.5) is 39.1 Å². The Morgan fingerprint density at radius 3 is 2.45 bits per heavy atom. The highest BCUT2D eigenvalue weighted by molar-refractivity contribution is 6.33. The van der Waals surface area contributed by atoms with E-state index in [-0.39, 0.29) is 52.6 Å². The van der Waals surface area contributed by atoms with Crippen molar-refractivity contribution in [1.82, 2.24) is 24.4 Å². The third-order valence-corrected chi connectivity index (χ3v) is 9.79. The predicted octanol–water partition coefficient (Wildman–Crippen LogP) is 4.82. The van der Waals surface area contributed by atoms with Gasteiger partial charge in [0.25, 0.3) is 5.91 Å². The first-order valence-electron chi connectivity index (χ1n) is 16.5. The zero-order valence-corrected chi connectivity index (χ0v) is 29.6. The number of anilines is 3. The Bertz CT molecular complexity index is 2230. The number of carbonyl (C=O) groups excluding carboxylic acids is 2. The first kappa shape index (κ1) is 37.5. The zero-order valence-electron chi connectivity index (χ0n) is 28.9. The third-order valence-electron chi connectivity index (χ3n) is 9.48. The average molecular weight is 765 g/mol. The number of H-pyrrole nitrogens is 1. The van der Waals surface area contributed by atoms with E-state index in [9.17, 15) is 41.1 Å². The van der Waals surface area contributed by atoms with Crippen molar-refractivity contribution in [3.8, 4) is 5.88 Å². The Balaban J connectivity index is 1.38. The molecule has 1 aliphatic carbocycles. The lowest BCUT2D eigenvalue weighted by atomic mass is 9.81. The number of halogens is 6. The Hall–Kier alpha value is -5.26. The molecule has 0 unspecified atom stereocenters. The maximum atomic E-state index is 14.4. The number of rotatable bonds is 9. The minimum atomic E-state index is -4.64. The summed E-state index contributed by atoms with van der Waals surface area (Å²) in [6.45, 7) is -0.385. The zero-order chi connectivity index (χ0) is 38.5. The van der Waals surface area contributed by atoms with E-state index in [1.54, 1.807) is 25.9 Å². The highest BCUT2D eigenvalue weighted by Gasteiger charge is 2.47. The molecule has 1 saturated heterocycles. The van der Waals surface area contributed by atoms with Crippen LogP contribution in [0.25, 0.3) is 11.2 Å². The number of alkyl halides is 5. The van der Waals surface area contributed by atoms with Gasteiger partial charge >= 0.3 is 12.8 Å². The maximum absolute atomic E-state index is 14.4. The van der Waals surface area contributed by atoms with E-state index < -0.39 is 71.1 Å². The Labute approximate surface area is 303 Å². The van der Waals surface area contributed by atoms with Crippen molar-refractivity contribution in [2.24, 2.45) is 0 Å². The summed E-state index contributed by atoms with van der Waals surface area (Å²) in [6, 6.07) is 1.61. The quantitative estimate of drug-likeness (QED) is 0.229. The molecular formula is C34H34ClF5N8O5. The summed E-state index contributed by atoms with van der Waals surface area (Å²) in [7, 11) is 3.42. The van der Waals surface area contributed by atoms with Gasteiger partial charge in [0.1, 0.15) is 23.6 Å². The van der Waals surface area contributed by atoms with Gasteiger partial charge in [-0.3, -0.25) is 19.2 Å². The van der Waals surface area contributed by atoms with Crippen molar-refractivity contribution in [3.05, 3.63) is 78.4 Å². The summed E-state index contributed by atoms with van der Waals surface area (Å²) >= 11 is 6.10. The lowest BCUT2D eigenvalue weighted by Crippen LogP contribution is -2.67.